The van der Waals surface area contributed by atoms with Gasteiger partial charge in [0.1, 0.15) is 0 Å². The van der Waals surface area contributed by atoms with Crippen LogP contribution in [0.1, 0.15) is 57.3 Å². The van der Waals surface area contributed by atoms with Gasteiger partial charge in [0.15, 0.2) is 0 Å². The van der Waals surface area contributed by atoms with Crippen molar-refractivity contribution < 1.29 is 17.9 Å². The topological polar surface area (TPSA) is 75.7 Å². The third-order valence-corrected chi connectivity index (χ3v) is 7.97. The Morgan fingerprint density at radius 2 is 1.79 bits per heavy atom. The molecule has 28 heavy (non-hydrogen) atoms. The minimum atomic E-state index is -3.66. The smallest absolute Gasteiger partial charge is 0.251 e. The number of nitrogens with one attached hydrogen (secondary N) is 1. The summed E-state index contributed by atoms with van der Waals surface area (Å²) < 4.78 is 33.2. The number of carbonyl (C=O) groups is 1. The fourth-order valence-electron chi connectivity index (χ4n) is 4.31. The summed E-state index contributed by atoms with van der Waals surface area (Å²) in [7, 11) is -3.66. The number of benzene rings is 1. The van der Waals surface area contributed by atoms with E-state index in [-0.39, 0.29) is 29.1 Å². The van der Waals surface area contributed by atoms with Crippen LogP contribution in [-0.2, 0) is 14.8 Å². The Morgan fingerprint density at radius 1 is 1.11 bits per heavy atom. The molecule has 0 bridgehead atoms. The molecule has 0 radical (unpaired) electrons. The van der Waals surface area contributed by atoms with Crippen molar-refractivity contribution in [2.75, 3.05) is 13.1 Å². The first-order chi connectivity index (χ1) is 13.2. The maximum Gasteiger partial charge on any atom is 0.251 e. The maximum atomic E-state index is 13.1. The van der Waals surface area contributed by atoms with E-state index < -0.39 is 10.0 Å². The van der Waals surface area contributed by atoms with Crippen LogP contribution in [0.25, 0.3) is 0 Å². The van der Waals surface area contributed by atoms with Crippen LogP contribution in [0.4, 0.5) is 0 Å². The van der Waals surface area contributed by atoms with Crippen LogP contribution in [0.3, 0.4) is 0 Å². The molecular weight excluding hydrogens is 376 g/mol. The molecule has 1 amide bonds. The van der Waals surface area contributed by atoms with Gasteiger partial charge in [-0.1, -0.05) is 32.8 Å². The summed E-state index contributed by atoms with van der Waals surface area (Å²) >= 11 is 0. The third-order valence-electron chi connectivity index (χ3n) is 6.14. The molecule has 1 aliphatic carbocycles. The van der Waals surface area contributed by atoms with E-state index in [1.165, 1.54) is 16.8 Å². The molecule has 0 unspecified atom stereocenters. The molecule has 156 valence electrons. The average Bonchev–Trinajstić information content (AvgIpc) is 2.64. The van der Waals surface area contributed by atoms with Gasteiger partial charge in [-0.05, 0) is 50.3 Å². The lowest BCUT2D eigenvalue weighted by molar-refractivity contribution is -0.0440. The van der Waals surface area contributed by atoms with Crippen LogP contribution in [0.5, 0.6) is 0 Å². The summed E-state index contributed by atoms with van der Waals surface area (Å²) in [4.78, 5) is 12.9. The Balaban J connectivity index is 1.77. The first kappa shape index (κ1) is 21.3. The number of hydrogen-bond acceptors (Lipinski definition) is 4. The highest BCUT2D eigenvalue weighted by Gasteiger charge is 2.33. The Bertz CT molecular complexity index is 800. The highest BCUT2D eigenvalue weighted by atomic mass is 32.2. The first-order valence-corrected chi connectivity index (χ1v) is 11.7. The number of carbonyl (C=O) groups excluding carboxylic acids is 1. The lowest BCUT2D eigenvalue weighted by atomic mass is 9.78. The van der Waals surface area contributed by atoms with Crippen LogP contribution < -0.4 is 5.32 Å². The Kier molecular flexibility index (Phi) is 6.47. The van der Waals surface area contributed by atoms with E-state index in [0.29, 0.717) is 30.5 Å². The van der Waals surface area contributed by atoms with Crippen molar-refractivity contribution in [3.8, 4) is 0 Å². The SMILES string of the molecule is C[C@@H]1[C@@H](C)CCC[C@H]1NC(=O)c1cccc(S(=O)(=O)N2C[C@@H](C)O[C@H](C)C2)c1. The third kappa shape index (κ3) is 4.58. The van der Waals surface area contributed by atoms with Crippen molar-refractivity contribution in [1.82, 2.24) is 9.62 Å². The standard InChI is InChI=1S/C21H32N2O4S/c1-14-7-5-10-20(17(14)4)22-21(24)18-8-6-9-19(11-18)28(25,26)23-12-15(2)27-16(3)13-23/h6,8-9,11,14-17,20H,5,7,10,12-13H2,1-4H3,(H,22,24)/t14-,15+,16+,17+,20+/m0/s1. The van der Waals surface area contributed by atoms with Crippen molar-refractivity contribution in [1.29, 1.82) is 0 Å². The zero-order chi connectivity index (χ0) is 20.5. The normalized spacial score (nSPS) is 32.1. The van der Waals surface area contributed by atoms with Crippen molar-refractivity contribution in [2.24, 2.45) is 11.8 Å². The second-order valence-electron chi connectivity index (χ2n) is 8.45. The number of ether oxygens (including phenoxy) is 1. The van der Waals surface area contributed by atoms with E-state index in [2.05, 4.69) is 19.2 Å². The fraction of sp³-hybridized carbons (Fsp3) is 0.667. The molecule has 0 aromatic heterocycles. The summed E-state index contributed by atoms with van der Waals surface area (Å²) in [5, 5.41) is 3.12. The fourth-order valence-corrected chi connectivity index (χ4v) is 5.95. The van der Waals surface area contributed by atoms with Gasteiger partial charge in [0.25, 0.3) is 5.91 Å². The predicted octanol–water partition coefficient (Wildman–Crippen LogP) is 3.04. The molecule has 1 saturated carbocycles. The minimum Gasteiger partial charge on any atom is -0.373 e. The molecule has 2 fully saturated rings. The van der Waals surface area contributed by atoms with Crippen LogP contribution in [0, 0.1) is 11.8 Å². The number of rotatable bonds is 4. The summed E-state index contributed by atoms with van der Waals surface area (Å²) in [6.45, 7) is 8.78. The van der Waals surface area contributed by atoms with Crippen molar-refractivity contribution in [3.63, 3.8) is 0 Å². The summed E-state index contributed by atoms with van der Waals surface area (Å²) in [6, 6.07) is 6.50. The quantitative estimate of drug-likeness (QED) is 0.831. The number of hydrogen-bond donors (Lipinski definition) is 1. The van der Waals surface area contributed by atoms with Crippen LogP contribution >= 0.6 is 0 Å². The largest absolute Gasteiger partial charge is 0.373 e. The van der Waals surface area contributed by atoms with Crippen molar-refractivity contribution in [3.05, 3.63) is 29.8 Å². The van der Waals surface area contributed by atoms with E-state index in [1.807, 2.05) is 13.8 Å². The molecule has 5 atom stereocenters. The van der Waals surface area contributed by atoms with Gasteiger partial charge in [0, 0.05) is 24.7 Å². The molecule has 1 aromatic rings. The minimum absolute atomic E-state index is 0.137. The average molecular weight is 409 g/mol. The molecule has 1 aromatic carbocycles. The molecule has 1 heterocycles. The monoisotopic (exact) mass is 408 g/mol. The van der Waals surface area contributed by atoms with Crippen LogP contribution in [0.2, 0.25) is 0 Å². The molecule has 1 saturated heterocycles. The number of nitrogens with zero attached hydrogens (tertiary/aromatic N) is 1. The van der Waals surface area contributed by atoms with Gasteiger partial charge >= 0.3 is 0 Å². The molecular formula is C21H32N2O4S. The molecule has 2 aliphatic rings. The number of sulfonamides is 1. The number of morpholine rings is 1. The lowest BCUT2D eigenvalue weighted by Gasteiger charge is -2.35. The zero-order valence-corrected chi connectivity index (χ0v) is 18.0. The van der Waals surface area contributed by atoms with Gasteiger partial charge < -0.3 is 10.1 Å². The van der Waals surface area contributed by atoms with Gasteiger partial charge in [-0.15, -0.1) is 0 Å². The molecule has 1 N–H and O–H groups in total. The van der Waals surface area contributed by atoms with E-state index in [0.717, 1.165) is 12.8 Å². The predicted molar refractivity (Wildman–Crippen MR) is 109 cm³/mol. The van der Waals surface area contributed by atoms with E-state index in [9.17, 15) is 13.2 Å². The van der Waals surface area contributed by atoms with E-state index in [4.69, 9.17) is 4.74 Å². The summed E-state index contributed by atoms with van der Waals surface area (Å²) in [6.07, 6.45) is 2.97. The van der Waals surface area contributed by atoms with Crippen molar-refractivity contribution in [2.45, 2.75) is 70.1 Å². The number of amides is 1. The van der Waals surface area contributed by atoms with Gasteiger partial charge in [-0.25, -0.2) is 8.42 Å². The second kappa shape index (κ2) is 8.51. The Morgan fingerprint density at radius 3 is 2.46 bits per heavy atom. The molecule has 1 aliphatic heterocycles. The summed E-state index contributed by atoms with van der Waals surface area (Å²) in [5.41, 5.74) is 0.390. The first-order valence-electron chi connectivity index (χ1n) is 10.2. The van der Waals surface area contributed by atoms with Crippen molar-refractivity contribution >= 4 is 15.9 Å². The molecule has 7 heteroatoms. The van der Waals surface area contributed by atoms with Gasteiger partial charge in [-0.2, -0.15) is 4.31 Å². The van der Waals surface area contributed by atoms with E-state index in [1.54, 1.807) is 18.2 Å². The highest BCUT2D eigenvalue weighted by molar-refractivity contribution is 7.89. The molecule has 3 rings (SSSR count). The molecule has 0 spiro atoms. The Labute approximate surface area is 168 Å². The van der Waals surface area contributed by atoms with Gasteiger partial charge in [0.2, 0.25) is 10.0 Å². The lowest BCUT2D eigenvalue weighted by Crippen LogP contribution is -2.48. The molecule has 6 nitrogen and oxygen atoms in total. The second-order valence-corrected chi connectivity index (χ2v) is 10.4. The maximum absolute atomic E-state index is 13.1. The highest BCUT2D eigenvalue weighted by Crippen LogP contribution is 2.30. The van der Waals surface area contributed by atoms with Gasteiger partial charge in [0.05, 0.1) is 17.1 Å². The zero-order valence-electron chi connectivity index (χ0n) is 17.2. The summed E-state index contributed by atoms with van der Waals surface area (Å²) in [5.74, 6) is 0.795. The Hall–Kier alpha value is -1.44. The van der Waals surface area contributed by atoms with E-state index >= 15 is 0 Å². The van der Waals surface area contributed by atoms with Crippen LogP contribution in [0.15, 0.2) is 29.2 Å². The van der Waals surface area contributed by atoms with Crippen LogP contribution in [-0.4, -0.2) is 50.0 Å². The van der Waals surface area contributed by atoms with Gasteiger partial charge in [-0.3, -0.25) is 4.79 Å².